The highest BCUT2D eigenvalue weighted by Gasteiger charge is 2.29. The Balaban J connectivity index is 1.62. The van der Waals surface area contributed by atoms with Crippen molar-refractivity contribution in [3.05, 3.63) is 93.2 Å². The highest BCUT2D eigenvalue weighted by Crippen LogP contribution is 2.29. The van der Waals surface area contributed by atoms with Crippen molar-refractivity contribution in [2.75, 3.05) is 20.6 Å². The Morgan fingerprint density at radius 3 is 2.53 bits per heavy atom. The molecule has 1 aliphatic heterocycles. The van der Waals surface area contributed by atoms with E-state index >= 15 is 0 Å². The van der Waals surface area contributed by atoms with Crippen molar-refractivity contribution in [1.29, 1.82) is 0 Å². The third-order valence-electron chi connectivity index (χ3n) is 6.34. The molecule has 6 heteroatoms. The van der Waals surface area contributed by atoms with Gasteiger partial charge in [-0.2, -0.15) is 0 Å². The number of ether oxygens (including phenoxy) is 1. The van der Waals surface area contributed by atoms with Gasteiger partial charge in [-0.15, -0.1) is 0 Å². The Bertz CT molecular complexity index is 1240. The number of hydrogen-bond donors (Lipinski definition) is 0. The predicted octanol–water partition coefficient (Wildman–Crippen LogP) is 4.49. The SMILES string of the molecule is Cc1cc(C)c(CN2CCc3ccc(C(=O)N(C)C)c(C)c3C2=O)c(OCc2ccccc2)n1. The van der Waals surface area contributed by atoms with Crippen LogP contribution in [-0.2, 0) is 19.6 Å². The predicted molar refractivity (Wildman–Crippen MR) is 132 cm³/mol. The van der Waals surface area contributed by atoms with Gasteiger partial charge in [-0.25, -0.2) is 4.98 Å². The fourth-order valence-corrected chi connectivity index (χ4v) is 4.47. The molecule has 2 amide bonds. The summed E-state index contributed by atoms with van der Waals surface area (Å²) >= 11 is 0. The maximum absolute atomic E-state index is 13.6. The van der Waals surface area contributed by atoms with Crippen LogP contribution < -0.4 is 4.74 Å². The monoisotopic (exact) mass is 457 g/mol. The van der Waals surface area contributed by atoms with E-state index in [1.54, 1.807) is 14.1 Å². The molecular formula is C28H31N3O3. The zero-order valence-electron chi connectivity index (χ0n) is 20.5. The van der Waals surface area contributed by atoms with E-state index in [9.17, 15) is 9.59 Å². The number of pyridine rings is 1. The lowest BCUT2D eigenvalue weighted by Crippen LogP contribution is -2.38. The molecule has 176 valence electrons. The molecule has 1 aromatic heterocycles. The highest BCUT2D eigenvalue weighted by molar-refractivity contribution is 6.03. The first-order valence-corrected chi connectivity index (χ1v) is 11.5. The van der Waals surface area contributed by atoms with E-state index in [0.717, 1.165) is 39.9 Å². The molecule has 0 spiro atoms. The van der Waals surface area contributed by atoms with Crippen LogP contribution in [0.3, 0.4) is 0 Å². The minimum atomic E-state index is -0.0969. The Kier molecular flexibility index (Phi) is 6.68. The third-order valence-corrected chi connectivity index (χ3v) is 6.34. The van der Waals surface area contributed by atoms with Gasteiger partial charge in [-0.05, 0) is 61.6 Å². The Morgan fingerprint density at radius 1 is 1.09 bits per heavy atom. The van der Waals surface area contributed by atoms with Gasteiger partial charge in [0.15, 0.2) is 0 Å². The molecule has 2 heterocycles. The van der Waals surface area contributed by atoms with E-state index < -0.39 is 0 Å². The van der Waals surface area contributed by atoms with Crippen LogP contribution in [0.4, 0.5) is 0 Å². The molecule has 3 aromatic rings. The highest BCUT2D eigenvalue weighted by atomic mass is 16.5. The molecule has 0 bridgehead atoms. The number of aryl methyl sites for hydroxylation is 2. The van der Waals surface area contributed by atoms with Gasteiger partial charge in [0.1, 0.15) is 6.61 Å². The quantitative estimate of drug-likeness (QED) is 0.547. The summed E-state index contributed by atoms with van der Waals surface area (Å²) in [4.78, 5) is 34.2. The number of carbonyl (C=O) groups is 2. The Morgan fingerprint density at radius 2 is 1.82 bits per heavy atom. The van der Waals surface area contributed by atoms with Crippen LogP contribution in [0.25, 0.3) is 0 Å². The van der Waals surface area contributed by atoms with Crippen molar-refractivity contribution in [2.45, 2.75) is 40.3 Å². The van der Waals surface area contributed by atoms with E-state index in [-0.39, 0.29) is 11.8 Å². The molecule has 0 radical (unpaired) electrons. The van der Waals surface area contributed by atoms with Gasteiger partial charge in [-0.3, -0.25) is 9.59 Å². The van der Waals surface area contributed by atoms with Gasteiger partial charge in [-0.1, -0.05) is 36.4 Å². The average molecular weight is 458 g/mol. The van der Waals surface area contributed by atoms with Crippen LogP contribution in [0.15, 0.2) is 48.5 Å². The van der Waals surface area contributed by atoms with E-state index in [1.165, 1.54) is 4.90 Å². The molecular weight excluding hydrogens is 426 g/mol. The van der Waals surface area contributed by atoms with Gasteiger partial charge < -0.3 is 14.5 Å². The van der Waals surface area contributed by atoms with E-state index in [2.05, 4.69) is 4.98 Å². The summed E-state index contributed by atoms with van der Waals surface area (Å²) in [6, 6.07) is 15.7. The van der Waals surface area contributed by atoms with E-state index in [1.807, 2.05) is 74.2 Å². The maximum atomic E-state index is 13.6. The summed E-state index contributed by atoms with van der Waals surface area (Å²) in [6.45, 7) is 7.27. The second kappa shape index (κ2) is 9.67. The molecule has 2 aromatic carbocycles. The lowest BCUT2D eigenvalue weighted by molar-refractivity contribution is 0.0723. The summed E-state index contributed by atoms with van der Waals surface area (Å²) in [5, 5.41) is 0. The third kappa shape index (κ3) is 4.67. The fourth-order valence-electron chi connectivity index (χ4n) is 4.47. The smallest absolute Gasteiger partial charge is 0.254 e. The van der Waals surface area contributed by atoms with Crippen molar-refractivity contribution in [3.8, 4) is 5.88 Å². The van der Waals surface area contributed by atoms with Crippen LogP contribution in [0.1, 0.15) is 54.2 Å². The van der Waals surface area contributed by atoms with Gasteiger partial charge in [0, 0.05) is 43.0 Å². The number of carbonyl (C=O) groups excluding carboxylic acids is 2. The topological polar surface area (TPSA) is 62.7 Å². The van der Waals surface area contributed by atoms with Crippen molar-refractivity contribution >= 4 is 11.8 Å². The van der Waals surface area contributed by atoms with Gasteiger partial charge >= 0.3 is 0 Å². The van der Waals surface area contributed by atoms with Crippen LogP contribution in [0.2, 0.25) is 0 Å². The second-order valence-electron chi connectivity index (χ2n) is 9.09. The van der Waals surface area contributed by atoms with Gasteiger partial charge in [0.2, 0.25) is 5.88 Å². The molecule has 0 fully saturated rings. The first kappa shape index (κ1) is 23.5. The molecule has 0 aliphatic carbocycles. The number of nitrogens with zero attached hydrogens (tertiary/aromatic N) is 3. The van der Waals surface area contributed by atoms with Crippen molar-refractivity contribution in [2.24, 2.45) is 0 Å². The summed E-state index contributed by atoms with van der Waals surface area (Å²) in [5.74, 6) is 0.412. The summed E-state index contributed by atoms with van der Waals surface area (Å²) < 4.78 is 6.13. The van der Waals surface area contributed by atoms with E-state index in [4.69, 9.17) is 4.74 Å². The summed E-state index contributed by atoms with van der Waals surface area (Å²) in [6.07, 6.45) is 0.747. The first-order chi connectivity index (χ1) is 16.3. The number of hydrogen-bond acceptors (Lipinski definition) is 4. The van der Waals surface area contributed by atoms with Crippen molar-refractivity contribution in [3.63, 3.8) is 0 Å². The molecule has 1 aliphatic rings. The molecule has 0 N–H and O–H groups in total. The molecule has 0 saturated heterocycles. The molecule has 6 nitrogen and oxygen atoms in total. The Hall–Kier alpha value is -3.67. The lowest BCUT2D eigenvalue weighted by Gasteiger charge is -2.31. The summed E-state index contributed by atoms with van der Waals surface area (Å²) in [7, 11) is 3.44. The average Bonchev–Trinajstić information content (AvgIpc) is 2.81. The van der Waals surface area contributed by atoms with Crippen LogP contribution in [-0.4, -0.2) is 47.2 Å². The minimum Gasteiger partial charge on any atom is -0.473 e. The zero-order valence-corrected chi connectivity index (χ0v) is 20.5. The number of rotatable bonds is 6. The molecule has 0 unspecified atom stereocenters. The summed E-state index contributed by atoms with van der Waals surface area (Å²) in [5.41, 5.74) is 6.84. The maximum Gasteiger partial charge on any atom is 0.254 e. The number of aromatic nitrogens is 1. The van der Waals surface area contributed by atoms with Crippen molar-refractivity contribution < 1.29 is 14.3 Å². The minimum absolute atomic E-state index is 0.0545. The Labute approximate surface area is 201 Å². The molecule has 4 rings (SSSR count). The fraction of sp³-hybridized carbons (Fsp3) is 0.321. The number of fused-ring (bicyclic) bond motifs is 1. The molecule has 0 saturated carbocycles. The second-order valence-corrected chi connectivity index (χ2v) is 9.09. The zero-order chi connectivity index (χ0) is 24.4. The number of amides is 2. The van der Waals surface area contributed by atoms with Crippen LogP contribution in [0, 0.1) is 20.8 Å². The molecule has 34 heavy (non-hydrogen) atoms. The largest absolute Gasteiger partial charge is 0.473 e. The van der Waals surface area contributed by atoms with Gasteiger partial charge in [0.05, 0.1) is 6.54 Å². The van der Waals surface area contributed by atoms with Crippen LogP contribution in [0.5, 0.6) is 5.88 Å². The van der Waals surface area contributed by atoms with Crippen LogP contribution >= 0.6 is 0 Å². The first-order valence-electron chi connectivity index (χ1n) is 11.5. The van der Waals surface area contributed by atoms with E-state index in [0.29, 0.717) is 36.7 Å². The molecule has 0 atom stereocenters. The van der Waals surface area contributed by atoms with Gasteiger partial charge in [0.25, 0.3) is 11.8 Å². The lowest BCUT2D eigenvalue weighted by atomic mass is 9.90. The number of benzene rings is 2. The normalized spacial score (nSPS) is 13.0. The standard InChI is InChI=1S/C28H31N3O3/c1-18-15-19(2)29-26(34-17-21-9-7-6-8-10-21)24(18)16-31-14-13-22-11-12-23(27(32)30(4)5)20(3)25(22)28(31)33/h6-12,15H,13-14,16-17H2,1-5H3. The van der Waals surface area contributed by atoms with Crippen molar-refractivity contribution in [1.82, 2.24) is 14.8 Å².